The van der Waals surface area contributed by atoms with Crippen molar-refractivity contribution in [3.05, 3.63) is 29.8 Å². The number of anilines is 1. The van der Waals surface area contributed by atoms with Gasteiger partial charge < -0.3 is 10.6 Å². The molecule has 0 aromatic heterocycles. The fourth-order valence-electron chi connectivity index (χ4n) is 2.76. The molecule has 1 aromatic carbocycles. The SMILES string of the molecule is CCC(C(N)=O)N1CCN(c2ccccc2C#N)CC1. The minimum absolute atomic E-state index is 0.177. The predicted molar refractivity (Wildman–Crippen MR) is 78.2 cm³/mol. The first kappa shape index (κ1) is 14.4. The quantitative estimate of drug-likeness (QED) is 0.885. The molecule has 1 saturated heterocycles. The molecule has 0 saturated carbocycles. The molecule has 1 fully saturated rings. The van der Waals surface area contributed by atoms with E-state index < -0.39 is 0 Å². The summed E-state index contributed by atoms with van der Waals surface area (Å²) in [6, 6.07) is 9.67. The third-order valence-electron chi connectivity index (χ3n) is 3.84. The van der Waals surface area contributed by atoms with Gasteiger partial charge in [-0.05, 0) is 18.6 Å². The maximum atomic E-state index is 11.4. The number of rotatable bonds is 4. The lowest BCUT2D eigenvalue weighted by Gasteiger charge is -2.39. The summed E-state index contributed by atoms with van der Waals surface area (Å²) in [5.41, 5.74) is 7.10. The van der Waals surface area contributed by atoms with Gasteiger partial charge in [0.15, 0.2) is 0 Å². The molecule has 1 aromatic rings. The zero-order chi connectivity index (χ0) is 14.5. The molecule has 0 radical (unpaired) electrons. The Balaban J connectivity index is 2.05. The second-order valence-electron chi connectivity index (χ2n) is 4.98. The highest BCUT2D eigenvalue weighted by Crippen LogP contribution is 2.21. The van der Waals surface area contributed by atoms with Crippen molar-refractivity contribution in [3.63, 3.8) is 0 Å². The molecule has 1 atom stereocenters. The Morgan fingerprint density at radius 2 is 2.00 bits per heavy atom. The molecule has 0 bridgehead atoms. The van der Waals surface area contributed by atoms with Crippen LogP contribution in [0.3, 0.4) is 0 Å². The molecule has 0 aliphatic carbocycles. The van der Waals surface area contributed by atoms with E-state index >= 15 is 0 Å². The Hall–Kier alpha value is -2.06. The summed E-state index contributed by atoms with van der Waals surface area (Å²) in [5.74, 6) is -0.252. The van der Waals surface area contributed by atoms with Gasteiger partial charge in [-0.25, -0.2) is 0 Å². The van der Waals surface area contributed by atoms with Crippen molar-refractivity contribution < 1.29 is 4.79 Å². The second-order valence-corrected chi connectivity index (χ2v) is 4.98. The molecule has 106 valence electrons. The summed E-state index contributed by atoms with van der Waals surface area (Å²) >= 11 is 0. The molecule has 1 aliphatic heterocycles. The van der Waals surface area contributed by atoms with Crippen molar-refractivity contribution in [3.8, 4) is 6.07 Å². The number of nitriles is 1. The van der Waals surface area contributed by atoms with Gasteiger partial charge in [0.05, 0.1) is 17.3 Å². The monoisotopic (exact) mass is 272 g/mol. The van der Waals surface area contributed by atoms with E-state index in [4.69, 9.17) is 11.0 Å². The van der Waals surface area contributed by atoms with Crippen LogP contribution in [0.1, 0.15) is 18.9 Å². The molecule has 2 N–H and O–H groups in total. The van der Waals surface area contributed by atoms with E-state index in [1.807, 2.05) is 31.2 Å². The summed E-state index contributed by atoms with van der Waals surface area (Å²) < 4.78 is 0. The lowest BCUT2D eigenvalue weighted by Crippen LogP contribution is -2.54. The maximum Gasteiger partial charge on any atom is 0.234 e. The number of hydrogen-bond donors (Lipinski definition) is 1. The summed E-state index contributed by atoms with van der Waals surface area (Å²) in [4.78, 5) is 15.7. The van der Waals surface area contributed by atoms with Crippen molar-refractivity contribution in [2.24, 2.45) is 5.73 Å². The number of benzene rings is 1. The van der Waals surface area contributed by atoms with Crippen LogP contribution in [0.4, 0.5) is 5.69 Å². The third kappa shape index (κ3) is 2.91. The van der Waals surface area contributed by atoms with E-state index in [1.54, 1.807) is 0 Å². The van der Waals surface area contributed by atoms with Gasteiger partial charge in [0.2, 0.25) is 5.91 Å². The number of carbonyl (C=O) groups excluding carboxylic acids is 1. The number of carbonyl (C=O) groups is 1. The van der Waals surface area contributed by atoms with Gasteiger partial charge >= 0.3 is 0 Å². The molecule has 1 amide bonds. The van der Waals surface area contributed by atoms with E-state index in [2.05, 4.69) is 15.9 Å². The standard InChI is InChI=1S/C15H20N4O/c1-2-13(15(17)20)18-7-9-19(10-8-18)14-6-4-3-5-12(14)11-16/h3-6,13H,2,7-10H2,1H3,(H2,17,20). The number of nitrogens with two attached hydrogens (primary N) is 1. The van der Waals surface area contributed by atoms with E-state index in [1.165, 1.54) is 0 Å². The number of nitrogens with zero attached hydrogens (tertiary/aromatic N) is 3. The number of amides is 1. The van der Waals surface area contributed by atoms with Crippen molar-refractivity contribution in [1.29, 1.82) is 5.26 Å². The number of primary amides is 1. The van der Waals surface area contributed by atoms with E-state index in [0.717, 1.165) is 38.3 Å². The van der Waals surface area contributed by atoms with Crippen LogP contribution in [-0.4, -0.2) is 43.0 Å². The topological polar surface area (TPSA) is 73.4 Å². The van der Waals surface area contributed by atoms with Crippen molar-refractivity contribution in [2.45, 2.75) is 19.4 Å². The average Bonchev–Trinajstić information content (AvgIpc) is 2.48. The van der Waals surface area contributed by atoms with Crippen LogP contribution in [0.25, 0.3) is 0 Å². The van der Waals surface area contributed by atoms with Gasteiger partial charge in [-0.3, -0.25) is 9.69 Å². The van der Waals surface area contributed by atoms with Gasteiger partial charge in [-0.15, -0.1) is 0 Å². The van der Waals surface area contributed by atoms with Crippen molar-refractivity contribution in [2.75, 3.05) is 31.1 Å². The van der Waals surface area contributed by atoms with Crippen molar-refractivity contribution >= 4 is 11.6 Å². The van der Waals surface area contributed by atoms with E-state index in [-0.39, 0.29) is 11.9 Å². The molecule has 5 heteroatoms. The first-order valence-corrected chi connectivity index (χ1v) is 6.94. The third-order valence-corrected chi connectivity index (χ3v) is 3.84. The smallest absolute Gasteiger partial charge is 0.234 e. The summed E-state index contributed by atoms with van der Waals surface area (Å²) in [6.07, 6.45) is 0.740. The Kier molecular flexibility index (Phi) is 4.59. The van der Waals surface area contributed by atoms with Gasteiger partial charge in [0.25, 0.3) is 0 Å². The highest BCUT2D eigenvalue weighted by atomic mass is 16.1. The Morgan fingerprint density at radius 3 is 2.55 bits per heavy atom. The van der Waals surface area contributed by atoms with Crippen LogP contribution < -0.4 is 10.6 Å². The van der Waals surface area contributed by atoms with E-state index in [0.29, 0.717) is 5.56 Å². The second kappa shape index (κ2) is 6.40. The summed E-state index contributed by atoms with van der Waals surface area (Å²) in [7, 11) is 0. The molecule has 1 aliphatic rings. The first-order valence-electron chi connectivity index (χ1n) is 6.94. The Bertz CT molecular complexity index is 515. The maximum absolute atomic E-state index is 11.4. The molecule has 5 nitrogen and oxygen atoms in total. The summed E-state index contributed by atoms with van der Waals surface area (Å²) in [6.45, 7) is 5.18. The van der Waals surface area contributed by atoms with Crippen LogP contribution in [-0.2, 0) is 4.79 Å². The fraction of sp³-hybridized carbons (Fsp3) is 0.467. The molecular weight excluding hydrogens is 252 g/mol. The zero-order valence-electron chi connectivity index (χ0n) is 11.7. The minimum atomic E-state index is -0.252. The molecule has 2 rings (SSSR count). The van der Waals surface area contributed by atoms with Crippen LogP contribution in [0.5, 0.6) is 0 Å². The van der Waals surface area contributed by atoms with Gasteiger partial charge in [0.1, 0.15) is 6.07 Å². The van der Waals surface area contributed by atoms with E-state index in [9.17, 15) is 4.79 Å². The van der Waals surface area contributed by atoms with Crippen LogP contribution >= 0.6 is 0 Å². The average molecular weight is 272 g/mol. The largest absolute Gasteiger partial charge is 0.368 e. The lowest BCUT2D eigenvalue weighted by atomic mass is 10.1. The summed E-state index contributed by atoms with van der Waals surface area (Å²) in [5, 5.41) is 9.15. The normalized spacial score (nSPS) is 17.5. The molecule has 0 spiro atoms. The van der Waals surface area contributed by atoms with Crippen LogP contribution in [0.2, 0.25) is 0 Å². The highest BCUT2D eigenvalue weighted by molar-refractivity contribution is 5.79. The Morgan fingerprint density at radius 1 is 1.35 bits per heavy atom. The first-order chi connectivity index (χ1) is 9.67. The highest BCUT2D eigenvalue weighted by Gasteiger charge is 2.26. The number of para-hydroxylation sites is 1. The Labute approximate surface area is 119 Å². The predicted octanol–water partition coefficient (Wildman–Crippen LogP) is 0.944. The molecular formula is C15H20N4O. The van der Waals surface area contributed by atoms with Gasteiger partial charge in [0, 0.05) is 26.2 Å². The molecule has 1 unspecified atom stereocenters. The number of piperazine rings is 1. The number of hydrogen-bond acceptors (Lipinski definition) is 4. The van der Waals surface area contributed by atoms with Crippen LogP contribution in [0, 0.1) is 11.3 Å². The molecule has 1 heterocycles. The molecule has 20 heavy (non-hydrogen) atoms. The minimum Gasteiger partial charge on any atom is -0.368 e. The van der Waals surface area contributed by atoms with Gasteiger partial charge in [-0.2, -0.15) is 5.26 Å². The zero-order valence-corrected chi connectivity index (χ0v) is 11.7. The van der Waals surface area contributed by atoms with Crippen LogP contribution in [0.15, 0.2) is 24.3 Å². The fourth-order valence-corrected chi connectivity index (χ4v) is 2.76. The van der Waals surface area contributed by atoms with Gasteiger partial charge in [-0.1, -0.05) is 19.1 Å². The lowest BCUT2D eigenvalue weighted by molar-refractivity contribution is -0.123. The van der Waals surface area contributed by atoms with Crippen molar-refractivity contribution in [1.82, 2.24) is 4.90 Å².